The fourth-order valence-corrected chi connectivity index (χ4v) is 2.96. The zero-order chi connectivity index (χ0) is 15.4. The normalized spacial score (nSPS) is 17.6. The summed E-state index contributed by atoms with van der Waals surface area (Å²) in [5.74, 6) is 0.857. The summed E-state index contributed by atoms with van der Waals surface area (Å²) in [6.45, 7) is 0.757. The number of aryl methyl sites for hydroxylation is 1. The number of carbonyl (C=O) groups is 1. The second kappa shape index (κ2) is 6.84. The molecule has 22 heavy (non-hydrogen) atoms. The Hall–Kier alpha value is -2.00. The van der Waals surface area contributed by atoms with Gasteiger partial charge in [-0.25, -0.2) is 0 Å². The maximum Gasteiger partial charge on any atom is 0.254 e. The fraction of sp³-hybridized carbons (Fsp3) is 0.538. The van der Waals surface area contributed by atoms with Crippen molar-refractivity contribution in [3.05, 3.63) is 16.8 Å². The molecule has 0 aromatic carbocycles. The molecule has 1 saturated heterocycles. The molecule has 0 aliphatic carbocycles. The van der Waals surface area contributed by atoms with Crippen LogP contribution in [0.2, 0.25) is 0 Å². The average Bonchev–Trinajstić information content (AvgIpc) is 3.25. The highest BCUT2D eigenvalue weighted by Crippen LogP contribution is 2.31. The summed E-state index contributed by atoms with van der Waals surface area (Å²) in [7, 11) is 1.51. The number of carbonyl (C=O) groups excluding carboxylic acids is 1. The number of rotatable bonds is 6. The predicted molar refractivity (Wildman–Crippen MR) is 77.8 cm³/mol. The number of nitrogens with one attached hydrogen (secondary N) is 1. The highest BCUT2D eigenvalue weighted by molar-refractivity contribution is 7.15. The number of methoxy groups -OCH3 is 1. The Balaban J connectivity index is 1.49. The van der Waals surface area contributed by atoms with Crippen LogP contribution in [0.5, 0.6) is 5.88 Å². The van der Waals surface area contributed by atoms with Crippen LogP contribution in [0.15, 0.2) is 10.6 Å². The first kappa shape index (κ1) is 14.9. The van der Waals surface area contributed by atoms with E-state index >= 15 is 0 Å². The smallest absolute Gasteiger partial charge is 0.254 e. The highest BCUT2D eigenvalue weighted by atomic mass is 32.1. The van der Waals surface area contributed by atoms with Gasteiger partial charge in [0.1, 0.15) is 16.9 Å². The van der Waals surface area contributed by atoms with Crippen LogP contribution in [0.1, 0.15) is 36.1 Å². The lowest BCUT2D eigenvalue weighted by Gasteiger charge is -2.02. The summed E-state index contributed by atoms with van der Waals surface area (Å²) in [4.78, 5) is 11.9. The van der Waals surface area contributed by atoms with Crippen LogP contribution in [0.3, 0.4) is 0 Å². The number of hydrogen-bond donors (Lipinski definition) is 1. The molecular formula is C13H16N4O4S. The van der Waals surface area contributed by atoms with Gasteiger partial charge < -0.3 is 19.3 Å². The van der Waals surface area contributed by atoms with Gasteiger partial charge in [-0.15, -0.1) is 10.2 Å². The lowest BCUT2D eigenvalue weighted by molar-refractivity contribution is -0.116. The maximum absolute atomic E-state index is 11.9. The SMILES string of the molecule is COc1cc(CCC(=O)Nc2nnc([C@@H]3CCCO3)s2)on1. The average molecular weight is 324 g/mol. The first-order valence-electron chi connectivity index (χ1n) is 6.99. The van der Waals surface area contributed by atoms with E-state index in [1.807, 2.05) is 0 Å². The first-order valence-corrected chi connectivity index (χ1v) is 7.80. The van der Waals surface area contributed by atoms with E-state index in [9.17, 15) is 4.79 Å². The molecule has 0 radical (unpaired) electrons. The van der Waals surface area contributed by atoms with Gasteiger partial charge in [0.15, 0.2) is 0 Å². The van der Waals surface area contributed by atoms with Gasteiger partial charge in [-0.3, -0.25) is 4.79 Å². The first-order chi connectivity index (χ1) is 10.7. The van der Waals surface area contributed by atoms with Crippen LogP contribution >= 0.6 is 11.3 Å². The molecule has 0 spiro atoms. The Bertz CT molecular complexity index is 636. The van der Waals surface area contributed by atoms with Crippen LogP contribution in [-0.2, 0) is 16.0 Å². The lowest BCUT2D eigenvalue weighted by atomic mass is 10.2. The third-order valence-electron chi connectivity index (χ3n) is 3.24. The molecule has 2 aromatic heterocycles. The van der Waals surface area contributed by atoms with Gasteiger partial charge in [0.25, 0.3) is 5.88 Å². The molecule has 9 heteroatoms. The minimum absolute atomic E-state index is 0.0183. The van der Waals surface area contributed by atoms with Crippen LogP contribution in [0, 0.1) is 0 Å². The van der Waals surface area contributed by atoms with Crippen molar-refractivity contribution in [1.82, 2.24) is 15.4 Å². The predicted octanol–water partition coefficient (Wildman–Crippen LogP) is 1.96. The van der Waals surface area contributed by atoms with E-state index in [0.29, 0.717) is 23.2 Å². The van der Waals surface area contributed by atoms with Crippen molar-refractivity contribution in [3.63, 3.8) is 0 Å². The van der Waals surface area contributed by atoms with Crippen LogP contribution < -0.4 is 10.1 Å². The maximum atomic E-state index is 11.9. The molecule has 0 unspecified atom stereocenters. The van der Waals surface area contributed by atoms with Crippen LogP contribution in [0.25, 0.3) is 0 Å². The van der Waals surface area contributed by atoms with Gasteiger partial charge >= 0.3 is 0 Å². The van der Waals surface area contributed by atoms with E-state index in [1.165, 1.54) is 18.4 Å². The molecule has 1 fully saturated rings. The molecule has 1 amide bonds. The number of anilines is 1. The quantitative estimate of drug-likeness (QED) is 0.867. The number of aromatic nitrogens is 3. The Morgan fingerprint density at radius 3 is 3.18 bits per heavy atom. The number of hydrogen-bond acceptors (Lipinski definition) is 8. The molecule has 2 aromatic rings. The largest absolute Gasteiger partial charge is 0.479 e. The fourth-order valence-electron chi connectivity index (χ4n) is 2.11. The molecule has 0 bridgehead atoms. The zero-order valence-electron chi connectivity index (χ0n) is 12.1. The molecule has 1 atom stereocenters. The monoisotopic (exact) mass is 324 g/mol. The van der Waals surface area contributed by atoms with E-state index in [4.69, 9.17) is 14.0 Å². The van der Waals surface area contributed by atoms with E-state index in [-0.39, 0.29) is 18.4 Å². The Labute approximate surface area is 130 Å². The van der Waals surface area contributed by atoms with Gasteiger partial charge in [0.05, 0.1) is 7.11 Å². The topological polar surface area (TPSA) is 99.4 Å². The Kier molecular flexibility index (Phi) is 4.64. The van der Waals surface area contributed by atoms with Crippen molar-refractivity contribution >= 4 is 22.4 Å². The third-order valence-corrected chi connectivity index (χ3v) is 4.17. The molecule has 0 saturated carbocycles. The molecule has 118 valence electrons. The van der Waals surface area contributed by atoms with Gasteiger partial charge in [-0.05, 0) is 18.0 Å². The van der Waals surface area contributed by atoms with Crippen molar-refractivity contribution in [1.29, 1.82) is 0 Å². The van der Waals surface area contributed by atoms with Crippen molar-refractivity contribution < 1.29 is 18.8 Å². The summed E-state index contributed by atoms with van der Waals surface area (Å²) >= 11 is 1.35. The number of amides is 1. The van der Waals surface area contributed by atoms with Crippen molar-refractivity contribution in [2.45, 2.75) is 31.8 Å². The van der Waals surface area contributed by atoms with Gasteiger partial charge in [-0.2, -0.15) is 0 Å². The molecule has 3 heterocycles. The standard InChI is InChI=1S/C13H16N4O4S/c1-19-11-7-8(21-17-11)4-5-10(18)14-13-16-15-12(22-13)9-3-2-6-20-9/h7,9H,2-6H2,1H3,(H,14,16,18)/t9-/m0/s1. The second-order valence-electron chi connectivity index (χ2n) is 4.83. The lowest BCUT2D eigenvalue weighted by Crippen LogP contribution is -2.11. The van der Waals surface area contributed by atoms with Crippen LogP contribution in [-0.4, -0.2) is 35.0 Å². The number of ether oxygens (including phenoxy) is 2. The molecular weight excluding hydrogens is 308 g/mol. The summed E-state index contributed by atoms with van der Waals surface area (Å²) in [5, 5.41) is 15.8. The number of nitrogens with zero attached hydrogens (tertiary/aromatic N) is 3. The Morgan fingerprint density at radius 2 is 2.45 bits per heavy atom. The highest BCUT2D eigenvalue weighted by Gasteiger charge is 2.22. The second-order valence-corrected chi connectivity index (χ2v) is 5.84. The van der Waals surface area contributed by atoms with Crippen molar-refractivity contribution in [3.8, 4) is 5.88 Å². The van der Waals surface area contributed by atoms with Gasteiger partial charge in [0, 0.05) is 25.5 Å². The van der Waals surface area contributed by atoms with E-state index in [0.717, 1.165) is 24.5 Å². The molecule has 1 N–H and O–H groups in total. The van der Waals surface area contributed by atoms with E-state index < -0.39 is 0 Å². The van der Waals surface area contributed by atoms with Crippen LogP contribution in [0.4, 0.5) is 5.13 Å². The third kappa shape index (κ3) is 3.60. The van der Waals surface area contributed by atoms with E-state index in [1.54, 1.807) is 6.07 Å². The molecule has 1 aliphatic rings. The van der Waals surface area contributed by atoms with E-state index in [2.05, 4.69) is 20.7 Å². The summed E-state index contributed by atoms with van der Waals surface area (Å²) in [6, 6.07) is 1.66. The summed E-state index contributed by atoms with van der Waals surface area (Å²) < 4.78 is 15.5. The van der Waals surface area contributed by atoms with Gasteiger partial charge in [0.2, 0.25) is 11.0 Å². The molecule has 8 nitrogen and oxygen atoms in total. The summed E-state index contributed by atoms with van der Waals surface area (Å²) in [5.41, 5.74) is 0. The molecule has 3 rings (SSSR count). The van der Waals surface area contributed by atoms with Gasteiger partial charge in [-0.1, -0.05) is 11.3 Å². The van der Waals surface area contributed by atoms with Crippen molar-refractivity contribution in [2.24, 2.45) is 0 Å². The minimum Gasteiger partial charge on any atom is -0.479 e. The minimum atomic E-state index is -0.148. The Morgan fingerprint density at radius 1 is 1.55 bits per heavy atom. The van der Waals surface area contributed by atoms with Crippen molar-refractivity contribution in [2.75, 3.05) is 19.0 Å². The molecule has 1 aliphatic heterocycles. The zero-order valence-corrected chi connectivity index (χ0v) is 12.9. The summed E-state index contributed by atoms with van der Waals surface area (Å²) in [6.07, 6.45) is 2.72.